The molecule has 6 nitrogen and oxygen atoms in total. The van der Waals surface area contributed by atoms with E-state index in [-0.39, 0.29) is 5.91 Å². The third-order valence-electron chi connectivity index (χ3n) is 4.60. The Morgan fingerprint density at radius 2 is 1.93 bits per heavy atom. The van der Waals surface area contributed by atoms with E-state index in [0.29, 0.717) is 22.3 Å². The summed E-state index contributed by atoms with van der Waals surface area (Å²) in [4.78, 5) is 21.9. The Balaban J connectivity index is 1.70. The summed E-state index contributed by atoms with van der Waals surface area (Å²) in [5, 5.41) is 2.84. The van der Waals surface area contributed by atoms with E-state index in [1.54, 1.807) is 26.2 Å². The van der Waals surface area contributed by atoms with Crippen molar-refractivity contribution in [3.8, 4) is 5.75 Å². The molecule has 1 aromatic heterocycles. The average Bonchev–Trinajstić information content (AvgIpc) is 2.96. The number of carbonyl (C=O) groups is 1. The highest BCUT2D eigenvalue weighted by atomic mass is 35.5. The highest BCUT2D eigenvalue weighted by Crippen LogP contribution is 2.29. The average molecular weight is 407 g/mol. The molecule has 0 spiro atoms. The van der Waals surface area contributed by atoms with Crippen LogP contribution in [0.4, 0.5) is 5.69 Å². The van der Waals surface area contributed by atoms with Crippen LogP contribution in [0.2, 0.25) is 5.02 Å². The number of benzene rings is 2. The first-order chi connectivity index (χ1) is 14.0. The molecular weight excluding hydrogens is 388 g/mol. The second-order valence-electron chi connectivity index (χ2n) is 6.66. The van der Waals surface area contributed by atoms with Gasteiger partial charge in [0, 0.05) is 16.1 Å². The summed E-state index contributed by atoms with van der Waals surface area (Å²) in [6.45, 7) is 3.68. The molecule has 0 aliphatic carbocycles. The van der Waals surface area contributed by atoms with Crippen molar-refractivity contribution in [1.29, 1.82) is 0 Å². The largest absolute Gasteiger partial charge is 0.497 e. The van der Waals surface area contributed by atoms with E-state index in [1.165, 1.54) is 5.01 Å². The number of carbonyl (C=O) groups excluding carboxylic acids is 1. The Morgan fingerprint density at radius 3 is 2.69 bits per heavy atom. The first kappa shape index (κ1) is 19.0. The number of pyridine rings is 1. The monoisotopic (exact) mass is 406 g/mol. The molecule has 3 aromatic rings. The number of rotatable bonds is 4. The maximum absolute atomic E-state index is 13.0. The molecule has 7 heteroatoms. The third-order valence-corrected chi connectivity index (χ3v) is 4.95. The fraction of sp³-hybridized carbons (Fsp3) is 0.136. The van der Waals surface area contributed by atoms with E-state index < -0.39 is 0 Å². The van der Waals surface area contributed by atoms with Gasteiger partial charge < -0.3 is 4.74 Å². The molecule has 4 rings (SSSR count). The standard InChI is InChI=1S/C22H19ClN4O2/c1-13-10-20(17-12-16(29-3)8-9-19(17)24-13)26-27-14(2)25-21(22(27)28)11-15-6-4-5-7-18(15)23/h4-12H,1-3H3,(H,24,26)/b21-11-. The van der Waals surface area contributed by atoms with Gasteiger partial charge in [0.15, 0.2) is 0 Å². The summed E-state index contributed by atoms with van der Waals surface area (Å²) in [5.41, 5.74) is 6.63. The fourth-order valence-corrected chi connectivity index (χ4v) is 3.37. The molecule has 2 aromatic carbocycles. The number of ether oxygens (including phenoxy) is 1. The second-order valence-corrected chi connectivity index (χ2v) is 7.06. The molecule has 1 N–H and O–H groups in total. The minimum atomic E-state index is -0.257. The fourth-order valence-electron chi connectivity index (χ4n) is 3.18. The van der Waals surface area contributed by atoms with Gasteiger partial charge in [-0.3, -0.25) is 15.2 Å². The molecule has 146 valence electrons. The maximum Gasteiger partial charge on any atom is 0.296 e. The number of nitrogens with one attached hydrogen (secondary N) is 1. The molecule has 2 heterocycles. The van der Waals surface area contributed by atoms with E-state index in [4.69, 9.17) is 16.3 Å². The van der Waals surface area contributed by atoms with Gasteiger partial charge in [-0.15, -0.1) is 0 Å². The number of hydrogen-bond acceptors (Lipinski definition) is 5. The lowest BCUT2D eigenvalue weighted by Gasteiger charge is -2.20. The smallest absolute Gasteiger partial charge is 0.296 e. The molecule has 0 atom stereocenters. The maximum atomic E-state index is 13.0. The molecule has 29 heavy (non-hydrogen) atoms. The molecule has 0 radical (unpaired) electrons. The van der Waals surface area contributed by atoms with Crippen LogP contribution in [0.1, 0.15) is 18.2 Å². The number of amides is 1. The van der Waals surface area contributed by atoms with Crippen molar-refractivity contribution in [2.45, 2.75) is 13.8 Å². The number of halogens is 1. The minimum Gasteiger partial charge on any atom is -0.497 e. The second kappa shape index (κ2) is 7.56. The molecule has 0 fully saturated rings. The lowest BCUT2D eigenvalue weighted by molar-refractivity contribution is -0.121. The highest BCUT2D eigenvalue weighted by Gasteiger charge is 2.28. The zero-order valence-corrected chi connectivity index (χ0v) is 17.0. The van der Waals surface area contributed by atoms with Gasteiger partial charge in [0.05, 0.1) is 18.3 Å². The number of anilines is 1. The van der Waals surface area contributed by atoms with Crippen molar-refractivity contribution in [3.05, 3.63) is 70.5 Å². The van der Waals surface area contributed by atoms with Crippen LogP contribution in [0.15, 0.2) is 59.2 Å². The summed E-state index contributed by atoms with van der Waals surface area (Å²) in [6, 6.07) is 14.8. The minimum absolute atomic E-state index is 0.257. The predicted octanol–water partition coefficient (Wildman–Crippen LogP) is 4.83. The Kier molecular flexibility index (Phi) is 4.94. The zero-order valence-electron chi connectivity index (χ0n) is 16.2. The lowest BCUT2D eigenvalue weighted by Crippen LogP contribution is -2.36. The van der Waals surface area contributed by atoms with Crippen molar-refractivity contribution < 1.29 is 9.53 Å². The number of amidine groups is 1. The molecule has 0 bridgehead atoms. The molecule has 1 aliphatic rings. The third kappa shape index (κ3) is 3.67. The number of hydrazine groups is 1. The van der Waals surface area contributed by atoms with Gasteiger partial charge in [0.2, 0.25) is 0 Å². The number of fused-ring (bicyclic) bond motifs is 1. The number of aryl methyl sites for hydroxylation is 1. The first-order valence-electron chi connectivity index (χ1n) is 9.04. The summed E-state index contributed by atoms with van der Waals surface area (Å²) >= 11 is 6.21. The quantitative estimate of drug-likeness (QED) is 0.630. The van der Waals surface area contributed by atoms with Crippen LogP contribution in [0.25, 0.3) is 17.0 Å². The Morgan fingerprint density at radius 1 is 1.14 bits per heavy atom. The van der Waals surface area contributed by atoms with Crippen molar-refractivity contribution in [3.63, 3.8) is 0 Å². The van der Waals surface area contributed by atoms with Crippen LogP contribution >= 0.6 is 11.6 Å². The van der Waals surface area contributed by atoms with E-state index >= 15 is 0 Å². The highest BCUT2D eigenvalue weighted by molar-refractivity contribution is 6.32. The summed E-state index contributed by atoms with van der Waals surface area (Å²) in [5.74, 6) is 0.996. The lowest BCUT2D eigenvalue weighted by atomic mass is 10.1. The van der Waals surface area contributed by atoms with Crippen molar-refractivity contribution in [2.75, 3.05) is 12.5 Å². The van der Waals surface area contributed by atoms with Gasteiger partial charge in [0.1, 0.15) is 17.3 Å². The number of aromatic nitrogens is 1. The van der Waals surface area contributed by atoms with Gasteiger partial charge in [-0.1, -0.05) is 29.8 Å². The van der Waals surface area contributed by atoms with Crippen LogP contribution in [-0.4, -0.2) is 28.8 Å². The predicted molar refractivity (Wildman–Crippen MR) is 116 cm³/mol. The van der Waals surface area contributed by atoms with Gasteiger partial charge >= 0.3 is 0 Å². The summed E-state index contributed by atoms with van der Waals surface area (Å²) < 4.78 is 5.33. The van der Waals surface area contributed by atoms with Crippen LogP contribution in [-0.2, 0) is 4.79 Å². The van der Waals surface area contributed by atoms with Crippen molar-refractivity contribution >= 4 is 46.0 Å². The number of aliphatic imine (C=N–C) groups is 1. The summed E-state index contributed by atoms with van der Waals surface area (Å²) in [7, 11) is 1.61. The Hall–Kier alpha value is -3.38. The van der Waals surface area contributed by atoms with Crippen LogP contribution in [0, 0.1) is 6.92 Å². The van der Waals surface area contributed by atoms with Gasteiger partial charge in [-0.2, -0.15) is 0 Å². The number of hydrogen-bond donors (Lipinski definition) is 1. The van der Waals surface area contributed by atoms with Gasteiger partial charge in [-0.25, -0.2) is 10.0 Å². The first-order valence-corrected chi connectivity index (χ1v) is 9.42. The summed E-state index contributed by atoms with van der Waals surface area (Å²) in [6.07, 6.45) is 1.69. The topological polar surface area (TPSA) is 66.8 Å². The molecule has 1 aliphatic heterocycles. The van der Waals surface area contributed by atoms with E-state index in [2.05, 4.69) is 15.4 Å². The van der Waals surface area contributed by atoms with Gasteiger partial charge in [0.25, 0.3) is 5.91 Å². The van der Waals surface area contributed by atoms with Crippen LogP contribution in [0.5, 0.6) is 5.75 Å². The molecule has 0 unspecified atom stereocenters. The van der Waals surface area contributed by atoms with Crippen molar-refractivity contribution in [2.24, 2.45) is 4.99 Å². The molecule has 0 saturated carbocycles. The Bertz CT molecular complexity index is 1190. The van der Waals surface area contributed by atoms with E-state index in [9.17, 15) is 4.79 Å². The normalized spacial score (nSPS) is 15.2. The molecule has 0 saturated heterocycles. The SMILES string of the molecule is COc1ccc2nc(C)cc(NN3C(=O)/C(=C/c4ccccc4Cl)N=C3C)c2c1. The van der Waals surface area contributed by atoms with Crippen molar-refractivity contribution in [1.82, 2.24) is 9.99 Å². The molecular formula is C22H19ClN4O2. The van der Waals surface area contributed by atoms with E-state index in [1.807, 2.05) is 49.4 Å². The number of methoxy groups -OCH3 is 1. The van der Waals surface area contributed by atoms with E-state index in [0.717, 1.165) is 27.8 Å². The van der Waals surface area contributed by atoms with Crippen LogP contribution in [0.3, 0.4) is 0 Å². The van der Waals surface area contributed by atoms with Crippen LogP contribution < -0.4 is 10.2 Å². The Labute approximate surface area is 173 Å². The zero-order chi connectivity index (χ0) is 20.5. The van der Waals surface area contributed by atoms with Gasteiger partial charge in [-0.05, 0) is 55.8 Å². The number of nitrogens with zero attached hydrogens (tertiary/aromatic N) is 3. The molecule has 1 amide bonds.